The molecule has 0 amide bonds. The molecule has 4 heteroatoms. The number of nitrogens with one attached hydrogen (secondary N) is 2. The first-order valence-corrected chi connectivity index (χ1v) is 6.26. The van der Waals surface area contributed by atoms with Gasteiger partial charge in [-0.2, -0.15) is 0 Å². The maximum atomic E-state index is 4.00. The third kappa shape index (κ3) is 2.51. The molecule has 16 heavy (non-hydrogen) atoms. The van der Waals surface area contributed by atoms with Crippen molar-refractivity contribution in [3.63, 3.8) is 0 Å². The molecule has 2 aromatic rings. The minimum Gasteiger partial charge on any atom is -0.347 e. The van der Waals surface area contributed by atoms with Crippen LogP contribution in [-0.4, -0.2) is 9.97 Å². The van der Waals surface area contributed by atoms with Crippen LogP contribution in [0.4, 0.5) is 0 Å². The van der Waals surface area contributed by atoms with Gasteiger partial charge < -0.3 is 10.3 Å². The normalized spacial score (nSPS) is 12.9. The Kier molecular flexibility index (Phi) is 3.41. The second-order valence-electron chi connectivity index (χ2n) is 4.05. The average Bonchev–Trinajstić information content (AvgIpc) is 2.84. The molecule has 1 unspecified atom stereocenters. The Labute approximate surface area is 99.9 Å². The van der Waals surface area contributed by atoms with Gasteiger partial charge >= 0.3 is 0 Å². The van der Waals surface area contributed by atoms with Gasteiger partial charge in [0.2, 0.25) is 0 Å². The van der Waals surface area contributed by atoms with Crippen molar-refractivity contribution in [1.29, 1.82) is 0 Å². The molecule has 0 spiro atoms. The number of rotatable bonds is 4. The maximum Gasteiger partial charge on any atom is 0.0922 e. The van der Waals surface area contributed by atoms with Crippen molar-refractivity contribution in [1.82, 2.24) is 15.3 Å². The number of aryl methyl sites for hydroxylation is 2. The molecule has 2 heterocycles. The monoisotopic (exact) mass is 235 g/mol. The number of imidazole rings is 1. The van der Waals surface area contributed by atoms with E-state index in [0.29, 0.717) is 6.04 Å². The fourth-order valence-electron chi connectivity index (χ4n) is 1.83. The van der Waals surface area contributed by atoms with Crippen LogP contribution in [0.15, 0.2) is 18.6 Å². The summed E-state index contributed by atoms with van der Waals surface area (Å²) >= 11 is 1.86. The Morgan fingerprint density at radius 2 is 2.31 bits per heavy atom. The lowest BCUT2D eigenvalue weighted by molar-refractivity contribution is 0.568. The van der Waals surface area contributed by atoms with Crippen LogP contribution >= 0.6 is 11.3 Å². The molecule has 2 rings (SSSR count). The quantitative estimate of drug-likeness (QED) is 0.855. The number of aromatic nitrogens is 2. The zero-order valence-corrected chi connectivity index (χ0v) is 10.7. The maximum absolute atomic E-state index is 4.00. The van der Waals surface area contributed by atoms with E-state index in [2.05, 4.69) is 42.1 Å². The number of H-pyrrole nitrogens is 1. The van der Waals surface area contributed by atoms with Crippen LogP contribution < -0.4 is 5.32 Å². The highest BCUT2D eigenvalue weighted by Gasteiger charge is 2.10. The number of hydrogen-bond acceptors (Lipinski definition) is 3. The molecule has 0 aromatic carbocycles. The van der Waals surface area contributed by atoms with Crippen LogP contribution in [0.25, 0.3) is 0 Å². The number of hydrogen-bond donors (Lipinski definition) is 2. The topological polar surface area (TPSA) is 40.7 Å². The highest BCUT2D eigenvalue weighted by atomic mass is 32.1. The number of aromatic amines is 1. The molecule has 86 valence electrons. The molecule has 2 aromatic heterocycles. The van der Waals surface area contributed by atoms with Gasteiger partial charge in [-0.3, -0.25) is 0 Å². The molecule has 0 aliphatic heterocycles. The minimum absolute atomic E-state index is 0.383. The van der Waals surface area contributed by atoms with Crippen molar-refractivity contribution in [2.75, 3.05) is 0 Å². The van der Waals surface area contributed by atoms with E-state index in [1.54, 1.807) is 6.33 Å². The predicted molar refractivity (Wildman–Crippen MR) is 67.6 cm³/mol. The van der Waals surface area contributed by atoms with Gasteiger partial charge in [0.1, 0.15) is 0 Å². The smallest absolute Gasteiger partial charge is 0.0922 e. The summed E-state index contributed by atoms with van der Waals surface area (Å²) in [5.74, 6) is 0. The molecule has 0 bridgehead atoms. The van der Waals surface area contributed by atoms with E-state index in [0.717, 1.165) is 12.2 Å². The molecular formula is C12H17N3S. The molecule has 0 saturated carbocycles. The molecule has 0 aliphatic carbocycles. The van der Waals surface area contributed by atoms with Crippen LogP contribution in [0.2, 0.25) is 0 Å². The van der Waals surface area contributed by atoms with E-state index in [1.165, 1.54) is 15.3 Å². The van der Waals surface area contributed by atoms with Gasteiger partial charge in [-0.25, -0.2) is 4.98 Å². The fourth-order valence-corrected chi connectivity index (χ4v) is 2.86. The Hall–Kier alpha value is -1.13. The van der Waals surface area contributed by atoms with E-state index in [4.69, 9.17) is 0 Å². The first-order chi connectivity index (χ1) is 7.66. The zero-order valence-electron chi connectivity index (χ0n) is 9.87. The summed E-state index contributed by atoms with van der Waals surface area (Å²) in [5.41, 5.74) is 2.53. The van der Waals surface area contributed by atoms with Crippen LogP contribution in [0.5, 0.6) is 0 Å². The van der Waals surface area contributed by atoms with Gasteiger partial charge in [0.15, 0.2) is 0 Å². The largest absolute Gasteiger partial charge is 0.347 e. The zero-order chi connectivity index (χ0) is 11.5. The summed E-state index contributed by atoms with van der Waals surface area (Å²) in [6.07, 6.45) is 3.56. The summed E-state index contributed by atoms with van der Waals surface area (Å²) in [7, 11) is 0. The third-order valence-electron chi connectivity index (χ3n) is 2.70. The highest BCUT2D eigenvalue weighted by molar-refractivity contribution is 7.12. The van der Waals surface area contributed by atoms with Gasteiger partial charge in [0.25, 0.3) is 0 Å². The Morgan fingerprint density at radius 1 is 1.50 bits per heavy atom. The van der Waals surface area contributed by atoms with E-state index in [1.807, 2.05) is 17.5 Å². The number of nitrogens with zero attached hydrogens (tertiary/aromatic N) is 1. The molecule has 0 saturated heterocycles. The van der Waals surface area contributed by atoms with Crippen LogP contribution in [0, 0.1) is 13.8 Å². The van der Waals surface area contributed by atoms with E-state index in [-0.39, 0.29) is 0 Å². The van der Waals surface area contributed by atoms with E-state index >= 15 is 0 Å². The summed E-state index contributed by atoms with van der Waals surface area (Å²) < 4.78 is 0. The van der Waals surface area contributed by atoms with Crippen molar-refractivity contribution < 1.29 is 0 Å². The second-order valence-corrected chi connectivity index (χ2v) is 5.51. The Morgan fingerprint density at radius 3 is 2.88 bits per heavy atom. The predicted octanol–water partition coefficient (Wildman–Crippen LogP) is 2.94. The Bertz CT molecular complexity index is 445. The molecule has 1 atom stereocenters. The summed E-state index contributed by atoms with van der Waals surface area (Å²) in [6.45, 7) is 7.37. The minimum atomic E-state index is 0.383. The molecule has 0 fully saturated rings. The third-order valence-corrected chi connectivity index (χ3v) is 3.68. The Balaban J connectivity index is 1.98. The van der Waals surface area contributed by atoms with Crippen molar-refractivity contribution >= 4 is 11.3 Å². The lowest BCUT2D eigenvalue weighted by atomic mass is 10.1. The fraction of sp³-hybridized carbons (Fsp3) is 0.417. The first kappa shape index (κ1) is 11.4. The van der Waals surface area contributed by atoms with E-state index in [9.17, 15) is 0 Å². The summed E-state index contributed by atoms with van der Waals surface area (Å²) in [6, 6.07) is 2.65. The van der Waals surface area contributed by atoms with Gasteiger partial charge in [0.05, 0.1) is 6.33 Å². The van der Waals surface area contributed by atoms with Crippen molar-refractivity contribution in [3.8, 4) is 0 Å². The standard InChI is InChI=1S/C12H17N3S/c1-8-4-12(10(3)16-8)9(2)14-6-11-5-13-7-15-11/h4-5,7,9,14H,6H2,1-3H3,(H,13,15). The lowest BCUT2D eigenvalue weighted by Gasteiger charge is -2.12. The SMILES string of the molecule is Cc1cc(C(C)NCc2cnc[nH]2)c(C)s1. The molecule has 2 N–H and O–H groups in total. The summed E-state index contributed by atoms with van der Waals surface area (Å²) in [4.78, 5) is 9.88. The highest BCUT2D eigenvalue weighted by Crippen LogP contribution is 2.26. The van der Waals surface area contributed by atoms with Crippen molar-refractivity contribution in [2.24, 2.45) is 0 Å². The van der Waals surface area contributed by atoms with E-state index < -0.39 is 0 Å². The van der Waals surface area contributed by atoms with Gasteiger partial charge in [-0.1, -0.05) is 0 Å². The number of thiophene rings is 1. The second kappa shape index (κ2) is 4.80. The van der Waals surface area contributed by atoms with Crippen molar-refractivity contribution in [2.45, 2.75) is 33.4 Å². The molecule has 3 nitrogen and oxygen atoms in total. The molecule has 0 radical (unpaired) electrons. The van der Waals surface area contributed by atoms with Crippen molar-refractivity contribution in [3.05, 3.63) is 39.6 Å². The van der Waals surface area contributed by atoms with Gasteiger partial charge in [0, 0.05) is 34.2 Å². The molecule has 0 aliphatic rings. The first-order valence-electron chi connectivity index (χ1n) is 5.44. The van der Waals surface area contributed by atoms with Crippen LogP contribution in [0.3, 0.4) is 0 Å². The summed E-state index contributed by atoms with van der Waals surface area (Å²) in [5, 5.41) is 3.49. The van der Waals surface area contributed by atoms with Gasteiger partial charge in [-0.15, -0.1) is 11.3 Å². The van der Waals surface area contributed by atoms with Crippen LogP contribution in [-0.2, 0) is 6.54 Å². The average molecular weight is 235 g/mol. The van der Waals surface area contributed by atoms with Gasteiger partial charge in [-0.05, 0) is 32.4 Å². The molecular weight excluding hydrogens is 218 g/mol. The lowest BCUT2D eigenvalue weighted by Crippen LogP contribution is -2.18. The van der Waals surface area contributed by atoms with Crippen LogP contribution in [0.1, 0.15) is 34.0 Å².